The molecule has 0 radical (unpaired) electrons. The first-order valence-corrected chi connectivity index (χ1v) is 4.85. The topological polar surface area (TPSA) is 35.5 Å². The minimum Gasteiger partial charge on any atom is -0.484 e. The van der Waals surface area contributed by atoms with Crippen molar-refractivity contribution in [2.75, 3.05) is 6.61 Å². The number of rotatable bonds is 4. The fourth-order valence-corrected chi connectivity index (χ4v) is 1.08. The molecule has 94 valence electrons. The van der Waals surface area contributed by atoms with Gasteiger partial charge in [-0.25, -0.2) is 4.79 Å². The van der Waals surface area contributed by atoms with Crippen molar-refractivity contribution in [2.24, 2.45) is 0 Å². The number of hydrogen-bond acceptors (Lipinski definition) is 3. The third-order valence-electron chi connectivity index (χ3n) is 1.65. The van der Waals surface area contributed by atoms with Gasteiger partial charge in [0.15, 0.2) is 6.61 Å². The van der Waals surface area contributed by atoms with Crippen LogP contribution in [0.3, 0.4) is 0 Å². The molecule has 0 heterocycles. The maximum atomic E-state index is 11.9. The van der Waals surface area contributed by atoms with Crippen LogP contribution in [0.5, 0.6) is 5.75 Å². The average molecular weight is 269 g/mol. The Labute approximate surface area is 100 Å². The molecular formula is C10H8ClF3O3. The van der Waals surface area contributed by atoms with E-state index < -0.39 is 18.2 Å². The molecule has 0 aliphatic rings. The first-order chi connectivity index (χ1) is 7.87. The van der Waals surface area contributed by atoms with Crippen molar-refractivity contribution in [1.29, 1.82) is 0 Å². The van der Waals surface area contributed by atoms with Gasteiger partial charge in [-0.2, -0.15) is 13.2 Å². The van der Waals surface area contributed by atoms with Crippen LogP contribution in [0.15, 0.2) is 24.3 Å². The molecule has 0 aliphatic heterocycles. The summed E-state index contributed by atoms with van der Waals surface area (Å²) in [6, 6.07) is 5.77. The van der Waals surface area contributed by atoms with E-state index in [1.807, 2.05) is 0 Å². The van der Waals surface area contributed by atoms with Crippen LogP contribution < -0.4 is 4.74 Å². The first kappa shape index (κ1) is 13.6. The van der Waals surface area contributed by atoms with E-state index >= 15 is 0 Å². The highest BCUT2D eigenvalue weighted by molar-refractivity contribution is 6.61. The van der Waals surface area contributed by atoms with Gasteiger partial charge in [0, 0.05) is 11.6 Å². The lowest BCUT2D eigenvalue weighted by molar-refractivity contribution is -0.153. The SMILES string of the molecule is O=C(Cl)OCc1cccc(OCC(F)(F)F)c1. The molecule has 7 heteroatoms. The van der Waals surface area contributed by atoms with E-state index in [2.05, 4.69) is 9.47 Å². The Balaban J connectivity index is 2.56. The van der Waals surface area contributed by atoms with Crippen LogP contribution in [0.2, 0.25) is 0 Å². The number of carbonyl (C=O) groups excluding carboxylic acids is 1. The molecule has 1 rings (SSSR count). The predicted molar refractivity (Wildman–Crippen MR) is 54.0 cm³/mol. The second-order valence-corrected chi connectivity index (χ2v) is 3.39. The van der Waals surface area contributed by atoms with Gasteiger partial charge < -0.3 is 9.47 Å². The minimum absolute atomic E-state index is 0.0467. The highest BCUT2D eigenvalue weighted by Crippen LogP contribution is 2.19. The molecule has 0 atom stereocenters. The Morgan fingerprint density at radius 2 is 2.06 bits per heavy atom. The van der Waals surface area contributed by atoms with Gasteiger partial charge in [-0.1, -0.05) is 12.1 Å². The summed E-state index contributed by atoms with van der Waals surface area (Å²) < 4.78 is 44.6. The van der Waals surface area contributed by atoms with Crippen molar-refractivity contribution >= 4 is 17.0 Å². The Bertz CT molecular complexity index is 393. The number of benzene rings is 1. The molecule has 0 amide bonds. The quantitative estimate of drug-likeness (QED) is 0.784. The average Bonchev–Trinajstić information content (AvgIpc) is 2.23. The standard InChI is InChI=1S/C10H8ClF3O3/c11-9(15)16-5-7-2-1-3-8(4-7)17-6-10(12,13)14/h1-4H,5-6H2. The van der Waals surface area contributed by atoms with Gasteiger partial charge in [-0.15, -0.1) is 0 Å². The number of halogens is 4. The Kier molecular flexibility index (Phi) is 4.62. The largest absolute Gasteiger partial charge is 0.484 e. The van der Waals surface area contributed by atoms with Crippen molar-refractivity contribution in [1.82, 2.24) is 0 Å². The van der Waals surface area contributed by atoms with E-state index in [1.165, 1.54) is 18.2 Å². The van der Waals surface area contributed by atoms with E-state index in [0.717, 1.165) is 0 Å². The molecule has 3 nitrogen and oxygen atoms in total. The summed E-state index contributed by atoms with van der Waals surface area (Å²) in [5, 5.41) is 0. The molecule has 0 fully saturated rings. The summed E-state index contributed by atoms with van der Waals surface area (Å²) in [5.74, 6) is 0.0467. The van der Waals surface area contributed by atoms with Crippen molar-refractivity contribution in [3.63, 3.8) is 0 Å². The zero-order chi connectivity index (χ0) is 12.9. The molecule has 0 aromatic heterocycles. The van der Waals surface area contributed by atoms with Crippen molar-refractivity contribution in [3.05, 3.63) is 29.8 Å². The third-order valence-corrected chi connectivity index (χ3v) is 1.76. The summed E-state index contributed by atoms with van der Waals surface area (Å²) in [6.07, 6.45) is -4.39. The lowest BCUT2D eigenvalue weighted by Crippen LogP contribution is -2.19. The molecule has 0 saturated carbocycles. The summed E-state index contributed by atoms with van der Waals surface area (Å²) in [4.78, 5) is 10.3. The van der Waals surface area contributed by atoms with Gasteiger partial charge in [-0.3, -0.25) is 0 Å². The van der Waals surface area contributed by atoms with Gasteiger partial charge >= 0.3 is 11.6 Å². The van der Waals surface area contributed by atoms with Crippen LogP contribution in [0, 0.1) is 0 Å². The molecule has 0 aliphatic carbocycles. The second kappa shape index (κ2) is 5.77. The number of ether oxygens (including phenoxy) is 2. The van der Waals surface area contributed by atoms with Gasteiger partial charge in [-0.05, 0) is 17.7 Å². The summed E-state index contributed by atoms with van der Waals surface area (Å²) in [5.41, 5.74) is -0.495. The highest BCUT2D eigenvalue weighted by atomic mass is 35.5. The van der Waals surface area contributed by atoms with E-state index in [-0.39, 0.29) is 12.4 Å². The maximum absolute atomic E-state index is 11.9. The van der Waals surface area contributed by atoms with Crippen LogP contribution in [0.1, 0.15) is 5.56 Å². The van der Waals surface area contributed by atoms with Crippen LogP contribution in [0.25, 0.3) is 0 Å². The van der Waals surface area contributed by atoms with E-state index in [1.54, 1.807) is 6.07 Å². The molecule has 0 bridgehead atoms. The van der Waals surface area contributed by atoms with Crippen LogP contribution in [-0.4, -0.2) is 18.2 Å². The fraction of sp³-hybridized carbons (Fsp3) is 0.300. The third kappa shape index (κ3) is 6.01. The number of hydrogen-bond donors (Lipinski definition) is 0. The number of carbonyl (C=O) groups is 1. The Morgan fingerprint density at radius 1 is 1.35 bits per heavy atom. The van der Waals surface area contributed by atoms with Crippen LogP contribution >= 0.6 is 11.6 Å². The summed E-state index contributed by atoms with van der Waals surface area (Å²) >= 11 is 4.95. The maximum Gasteiger partial charge on any atom is 0.422 e. The summed E-state index contributed by atoms with van der Waals surface area (Å²) in [7, 11) is 0. The monoisotopic (exact) mass is 268 g/mol. The lowest BCUT2D eigenvalue weighted by Gasteiger charge is -2.10. The molecule has 0 spiro atoms. The molecule has 1 aromatic rings. The van der Waals surface area contributed by atoms with Crippen molar-refractivity contribution < 1.29 is 27.4 Å². The van der Waals surface area contributed by atoms with Crippen LogP contribution in [0.4, 0.5) is 18.0 Å². The van der Waals surface area contributed by atoms with Gasteiger partial charge in [0.25, 0.3) is 0 Å². The first-order valence-electron chi connectivity index (χ1n) is 4.47. The molecule has 1 aromatic carbocycles. The zero-order valence-electron chi connectivity index (χ0n) is 8.46. The van der Waals surface area contributed by atoms with E-state index in [0.29, 0.717) is 5.56 Å². The number of alkyl halides is 3. The molecule has 17 heavy (non-hydrogen) atoms. The Morgan fingerprint density at radius 3 is 2.65 bits per heavy atom. The summed E-state index contributed by atoms with van der Waals surface area (Å²) in [6.45, 7) is -1.49. The molecule has 0 N–H and O–H groups in total. The predicted octanol–water partition coefficient (Wildman–Crippen LogP) is 3.50. The molecule has 0 saturated heterocycles. The Hall–Kier alpha value is -1.43. The molecule has 0 unspecified atom stereocenters. The second-order valence-electron chi connectivity index (χ2n) is 3.08. The van der Waals surface area contributed by atoms with Crippen LogP contribution in [-0.2, 0) is 11.3 Å². The smallest absolute Gasteiger partial charge is 0.422 e. The van der Waals surface area contributed by atoms with E-state index in [9.17, 15) is 18.0 Å². The van der Waals surface area contributed by atoms with Gasteiger partial charge in [0.05, 0.1) is 0 Å². The lowest BCUT2D eigenvalue weighted by atomic mass is 10.2. The van der Waals surface area contributed by atoms with Gasteiger partial charge in [0.1, 0.15) is 12.4 Å². The minimum atomic E-state index is -4.39. The normalized spacial score (nSPS) is 11.1. The van der Waals surface area contributed by atoms with E-state index in [4.69, 9.17) is 11.6 Å². The fourth-order valence-electron chi connectivity index (χ4n) is 1.03. The zero-order valence-corrected chi connectivity index (χ0v) is 9.22. The highest BCUT2D eigenvalue weighted by Gasteiger charge is 2.28. The molecular weight excluding hydrogens is 261 g/mol. The van der Waals surface area contributed by atoms with Crippen molar-refractivity contribution in [3.8, 4) is 5.75 Å². The van der Waals surface area contributed by atoms with Gasteiger partial charge in [0.2, 0.25) is 0 Å². The van der Waals surface area contributed by atoms with Crippen molar-refractivity contribution in [2.45, 2.75) is 12.8 Å².